The summed E-state index contributed by atoms with van der Waals surface area (Å²) in [5, 5.41) is 16.9. The van der Waals surface area contributed by atoms with Crippen LogP contribution in [-0.2, 0) is 0 Å². The fourth-order valence-electron chi connectivity index (χ4n) is 1.67. The van der Waals surface area contributed by atoms with Gasteiger partial charge in [0.05, 0.1) is 0 Å². The Morgan fingerprint density at radius 2 is 2.00 bits per heavy atom. The molecule has 0 fully saturated rings. The summed E-state index contributed by atoms with van der Waals surface area (Å²) >= 11 is 1.45. The smallest absolute Gasteiger partial charge is 0.210 e. The average Bonchev–Trinajstić information content (AvgIpc) is 3.01. The molecule has 0 bridgehead atoms. The highest BCUT2D eigenvalue weighted by molar-refractivity contribution is 7.18. The molecule has 1 aromatic carbocycles. The molecule has 0 atom stereocenters. The molecule has 0 aliphatic heterocycles. The van der Waals surface area contributed by atoms with Gasteiger partial charge in [-0.25, -0.2) is 0 Å². The number of para-hydroxylation sites is 1. The van der Waals surface area contributed by atoms with Crippen LogP contribution in [0.4, 0.5) is 10.8 Å². The second kappa shape index (κ2) is 4.81. The van der Waals surface area contributed by atoms with Crippen LogP contribution in [-0.4, -0.2) is 15.4 Å². The van der Waals surface area contributed by atoms with E-state index in [1.807, 2.05) is 44.2 Å². The lowest BCUT2D eigenvalue weighted by atomic mass is 10.2. The molecule has 2 aromatic heterocycles. The highest BCUT2D eigenvalue weighted by atomic mass is 32.1. The number of aryl methyl sites for hydroxylation is 2. The fraction of sp³-hybridized carbons (Fsp3) is 0.154. The molecule has 5 nitrogen and oxygen atoms in total. The van der Waals surface area contributed by atoms with E-state index < -0.39 is 0 Å². The van der Waals surface area contributed by atoms with Crippen molar-refractivity contribution in [2.75, 3.05) is 5.32 Å². The van der Waals surface area contributed by atoms with Crippen LogP contribution in [0.1, 0.15) is 11.3 Å². The van der Waals surface area contributed by atoms with Crippen LogP contribution in [0.25, 0.3) is 10.7 Å². The average molecular weight is 272 g/mol. The van der Waals surface area contributed by atoms with Crippen molar-refractivity contribution in [1.82, 2.24) is 15.4 Å². The Morgan fingerprint density at radius 3 is 2.74 bits per heavy atom. The Hall–Kier alpha value is -2.21. The lowest BCUT2D eigenvalue weighted by Gasteiger charge is -2.04. The SMILES string of the molecule is Cc1cc(-c2nnc(Nc3ccccc3C)s2)no1. The van der Waals surface area contributed by atoms with E-state index in [-0.39, 0.29) is 0 Å². The highest BCUT2D eigenvalue weighted by Gasteiger charge is 2.11. The molecule has 0 spiro atoms. The first kappa shape index (κ1) is 11.9. The third-order valence-electron chi connectivity index (χ3n) is 2.66. The van der Waals surface area contributed by atoms with Crippen LogP contribution >= 0.6 is 11.3 Å². The van der Waals surface area contributed by atoms with E-state index in [0.717, 1.165) is 27.2 Å². The summed E-state index contributed by atoms with van der Waals surface area (Å²) in [7, 11) is 0. The summed E-state index contributed by atoms with van der Waals surface area (Å²) in [5.74, 6) is 0.763. The molecule has 0 aliphatic rings. The minimum absolute atomic E-state index is 0.716. The maximum absolute atomic E-state index is 5.03. The van der Waals surface area contributed by atoms with Gasteiger partial charge in [-0.1, -0.05) is 34.7 Å². The lowest BCUT2D eigenvalue weighted by molar-refractivity contribution is 0.399. The van der Waals surface area contributed by atoms with E-state index in [1.165, 1.54) is 11.3 Å². The van der Waals surface area contributed by atoms with E-state index >= 15 is 0 Å². The van der Waals surface area contributed by atoms with Crippen LogP contribution < -0.4 is 5.32 Å². The first-order valence-corrected chi connectivity index (χ1v) is 6.64. The summed E-state index contributed by atoms with van der Waals surface area (Å²) in [6.07, 6.45) is 0. The van der Waals surface area contributed by atoms with Gasteiger partial charge in [-0.2, -0.15) is 0 Å². The topological polar surface area (TPSA) is 63.8 Å². The molecule has 2 heterocycles. The quantitative estimate of drug-likeness (QED) is 0.789. The summed E-state index contributed by atoms with van der Waals surface area (Å²) in [5.41, 5.74) is 2.91. The number of benzene rings is 1. The monoisotopic (exact) mass is 272 g/mol. The van der Waals surface area contributed by atoms with Crippen molar-refractivity contribution in [3.05, 3.63) is 41.7 Å². The highest BCUT2D eigenvalue weighted by Crippen LogP contribution is 2.28. The van der Waals surface area contributed by atoms with Gasteiger partial charge in [-0.05, 0) is 25.5 Å². The predicted molar refractivity (Wildman–Crippen MR) is 74.6 cm³/mol. The van der Waals surface area contributed by atoms with Gasteiger partial charge in [0.25, 0.3) is 0 Å². The van der Waals surface area contributed by atoms with Gasteiger partial charge in [-0.15, -0.1) is 10.2 Å². The van der Waals surface area contributed by atoms with Crippen LogP contribution in [0.3, 0.4) is 0 Å². The minimum atomic E-state index is 0.716. The van der Waals surface area contributed by atoms with E-state index in [1.54, 1.807) is 0 Å². The van der Waals surface area contributed by atoms with Gasteiger partial charge in [0, 0.05) is 11.8 Å². The molecule has 1 N–H and O–H groups in total. The molecular formula is C13H12N4OS. The molecule has 0 unspecified atom stereocenters. The maximum atomic E-state index is 5.03. The number of aromatic nitrogens is 3. The van der Waals surface area contributed by atoms with Crippen molar-refractivity contribution >= 4 is 22.2 Å². The maximum Gasteiger partial charge on any atom is 0.210 e. The number of hydrogen-bond acceptors (Lipinski definition) is 6. The Morgan fingerprint density at radius 1 is 1.16 bits per heavy atom. The van der Waals surface area contributed by atoms with Gasteiger partial charge < -0.3 is 9.84 Å². The lowest BCUT2D eigenvalue weighted by Crippen LogP contribution is -1.91. The molecule has 96 valence electrons. The zero-order valence-corrected chi connectivity index (χ0v) is 11.4. The number of anilines is 2. The standard InChI is InChI=1S/C13H12N4OS/c1-8-5-3-4-6-10(8)14-13-16-15-12(19-13)11-7-9(2)18-17-11/h3-7H,1-2H3,(H,14,16). The second-order valence-electron chi connectivity index (χ2n) is 4.18. The Labute approximate surface area is 114 Å². The van der Waals surface area contributed by atoms with Crippen LogP contribution in [0.5, 0.6) is 0 Å². The van der Waals surface area contributed by atoms with Crippen molar-refractivity contribution in [3.63, 3.8) is 0 Å². The number of hydrogen-bond donors (Lipinski definition) is 1. The zero-order chi connectivity index (χ0) is 13.2. The Balaban J connectivity index is 1.84. The van der Waals surface area contributed by atoms with Crippen molar-refractivity contribution in [3.8, 4) is 10.7 Å². The van der Waals surface area contributed by atoms with E-state index in [9.17, 15) is 0 Å². The largest absolute Gasteiger partial charge is 0.361 e. The van der Waals surface area contributed by atoms with Gasteiger partial charge in [-0.3, -0.25) is 0 Å². The van der Waals surface area contributed by atoms with E-state index in [4.69, 9.17) is 4.52 Å². The van der Waals surface area contributed by atoms with Crippen molar-refractivity contribution < 1.29 is 4.52 Å². The van der Waals surface area contributed by atoms with E-state index in [0.29, 0.717) is 5.69 Å². The second-order valence-corrected chi connectivity index (χ2v) is 5.15. The zero-order valence-electron chi connectivity index (χ0n) is 10.5. The van der Waals surface area contributed by atoms with Crippen LogP contribution in [0.15, 0.2) is 34.9 Å². The van der Waals surface area contributed by atoms with Crippen molar-refractivity contribution in [1.29, 1.82) is 0 Å². The summed E-state index contributed by atoms with van der Waals surface area (Å²) in [6, 6.07) is 9.89. The minimum Gasteiger partial charge on any atom is -0.361 e. The summed E-state index contributed by atoms with van der Waals surface area (Å²) < 4.78 is 5.03. The van der Waals surface area contributed by atoms with Gasteiger partial charge in [0.15, 0.2) is 5.01 Å². The Kier molecular flexibility index (Phi) is 3.00. The van der Waals surface area contributed by atoms with Crippen LogP contribution in [0, 0.1) is 13.8 Å². The molecule has 3 rings (SSSR count). The number of nitrogens with zero attached hydrogens (tertiary/aromatic N) is 3. The third-order valence-corrected chi connectivity index (χ3v) is 3.52. The van der Waals surface area contributed by atoms with Crippen LogP contribution in [0.2, 0.25) is 0 Å². The predicted octanol–water partition coefficient (Wildman–Crippen LogP) is 3.55. The molecule has 6 heteroatoms. The molecule has 0 amide bonds. The molecule has 0 aliphatic carbocycles. The summed E-state index contributed by atoms with van der Waals surface area (Å²) in [4.78, 5) is 0. The third kappa shape index (κ3) is 2.48. The molecule has 19 heavy (non-hydrogen) atoms. The molecule has 0 saturated carbocycles. The first-order valence-electron chi connectivity index (χ1n) is 5.82. The summed E-state index contributed by atoms with van der Waals surface area (Å²) in [6.45, 7) is 3.90. The fourth-order valence-corrected chi connectivity index (χ4v) is 2.38. The molecule has 0 saturated heterocycles. The van der Waals surface area contributed by atoms with Gasteiger partial charge >= 0.3 is 0 Å². The number of nitrogens with one attached hydrogen (secondary N) is 1. The normalized spacial score (nSPS) is 10.6. The first-order chi connectivity index (χ1) is 9.22. The van der Waals surface area contributed by atoms with Gasteiger partial charge in [0.2, 0.25) is 5.13 Å². The molecule has 0 radical (unpaired) electrons. The Bertz CT molecular complexity index is 704. The van der Waals surface area contributed by atoms with Crippen molar-refractivity contribution in [2.45, 2.75) is 13.8 Å². The number of rotatable bonds is 3. The molecule has 3 aromatic rings. The van der Waals surface area contributed by atoms with E-state index in [2.05, 4.69) is 20.7 Å². The van der Waals surface area contributed by atoms with Gasteiger partial charge in [0.1, 0.15) is 11.5 Å². The molecular weight excluding hydrogens is 260 g/mol. The van der Waals surface area contributed by atoms with Crippen molar-refractivity contribution in [2.24, 2.45) is 0 Å².